The van der Waals surface area contributed by atoms with Crippen LogP contribution < -0.4 is 5.32 Å². The first kappa shape index (κ1) is 13.3. The van der Waals surface area contributed by atoms with E-state index in [1.807, 2.05) is 17.5 Å². The summed E-state index contributed by atoms with van der Waals surface area (Å²) < 4.78 is 13.7. The van der Waals surface area contributed by atoms with Crippen molar-refractivity contribution in [2.75, 3.05) is 5.32 Å². The van der Waals surface area contributed by atoms with E-state index in [2.05, 4.69) is 5.32 Å². The Bertz CT molecular complexity index is 603. The smallest absolute Gasteiger partial charge is 0.235 e. The van der Waals surface area contributed by atoms with E-state index in [0.717, 1.165) is 30.6 Å². The van der Waals surface area contributed by atoms with Crippen molar-refractivity contribution in [2.45, 2.75) is 31.1 Å². The van der Waals surface area contributed by atoms with Crippen molar-refractivity contribution in [3.05, 3.63) is 52.5 Å². The SMILES string of the molecule is O=C(Nc1ccccc1F)C1(c2cccs2)CCCC1. The van der Waals surface area contributed by atoms with Crippen molar-refractivity contribution in [2.24, 2.45) is 0 Å². The van der Waals surface area contributed by atoms with Crippen molar-refractivity contribution >= 4 is 22.9 Å². The van der Waals surface area contributed by atoms with Gasteiger partial charge in [-0.1, -0.05) is 31.0 Å². The first-order valence-corrected chi connectivity index (χ1v) is 7.70. The second kappa shape index (κ2) is 5.37. The summed E-state index contributed by atoms with van der Waals surface area (Å²) in [5, 5.41) is 4.77. The van der Waals surface area contributed by atoms with Gasteiger partial charge in [0.1, 0.15) is 5.82 Å². The minimum Gasteiger partial charge on any atom is -0.323 e. The van der Waals surface area contributed by atoms with Crippen LogP contribution in [0.25, 0.3) is 0 Å². The van der Waals surface area contributed by atoms with Gasteiger partial charge in [0.15, 0.2) is 0 Å². The average molecular weight is 289 g/mol. The quantitative estimate of drug-likeness (QED) is 0.895. The van der Waals surface area contributed by atoms with Gasteiger partial charge in [-0.25, -0.2) is 4.39 Å². The van der Waals surface area contributed by atoms with Gasteiger partial charge in [0.05, 0.1) is 11.1 Å². The predicted molar refractivity (Wildman–Crippen MR) is 79.5 cm³/mol. The fraction of sp³-hybridized carbons (Fsp3) is 0.312. The van der Waals surface area contributed by atoms with Crippen LogP contribution >= 0.6 is 11.3 Å². The third-order valence-electron chi connectivity index (χ3n) is 4.01. The third-order valence-corrected chi connectivity index (χ3v) is 5.08. The summed E-state index contributed by atoms with van der Waals surface area (Å²) in [5.41, 5.74) is -0.212. The van der Waals surface area contributed by atoms with Crippen molar-refractivity contribution in [1.29, 1.82) is 0 Å². The Morgan fingerprint density at radius 3 is 2.55 bits per heavy atom. The molecule has 1 aliphatic carbocycles. The number of hydrogen-bond donors (Lipinski definition) is 1. The van der Waals surface area contributed by atoms with Crippen molar-refractivity contribution in [1.82, 2.24) is 0 Å². The molecule has 104 valence electrons. The molecule has 2 nitrogen and oxygen atoms in total. The van der Waals surface area contributed by atoms with Gasteiger partial charge in [-0.05, 0) is 36.4 Å². The highest BCUT2D eigenvalue weighted by atomic mass is 32.1. The lowest BCUT2D eigenvalue weighted by Crippen LogP contribution is -2.37. The summed E-state index contributed by atoms with van der Waals surface area (Å²) in [7, 11) is 0. The molecule has 1 saturated carbocycles. The molecule has 2 aromatic rings. The molecule has 0 unspecified atom stereocenters. The Morgan fingerprint density at radius 2 is 1.90 bits per heavy atom. The lowest BCUT2D eigenvalue weighted by molar-refractivity contribution is -0.121. The molecule has 0 aliphatic heterocycles. The molecule has 0 radical (unpaired) electrons. The second-order valence-corrected chi connectivity index (χ2v) is 6.15. The summed E-state index contributed by atoms with van der Waals surface area (Å²) in [4.78, 5) is 13.8. The van der Waals surface area contributed by atoms with Crippen molar-refractivity contribution < 1.29 is 9.18 Å². The fourth-order valence-electron chi connectivity index (χ4n) is 2.92. The molecule has 1 amide bonds. The summed E-state index contributed by atoms with van der Waals surface area (Å²) >= 11 is 1.61. The molecule has 4 heteroatoms. The number of hydrogen-bond acceptors (Lipinski definition) is 2. The van der Waals surface area contributed by atoms with Gasteiger partial charge in [0.25, 0.3) is 0 Å². The van der Waals surface area contributed by atoms with Crippen LogP contribution in [0.2, 0.25) is 0 Å². The summed E-state index contributed by atoms with van der Waals surface area (Å²) in [6.07, 6.45) is 3.77. The third kappa shape index (κ3) is 2.24. The first-order valence-electron chi connectivity index (χ1n) is 6.82. The average Bonchev–Trinajstić information content (AvgIpc) is 3.12. The van der Waals surface area contributed by atoms with Crippen LogP contribution in [0.4, 0.5) is 10.1 Å². The van der Waals surface area contributed by atoms with Gasteiger partial charge in [-0.3, -0.25) is 4.79 Å². The molecule has 1 aromatic carbocycles. The molecular weight excluding hydrogens is 273 g/mol. The molecule has 0 saturated heterocycles. The number of halogens is 1. The van der Waals surface area contributed by atoms with E-state index in [0.29, 0.717) is 0 Å². The van der Waals surface area contributed by atoms with Crippen LogP contribution in [0.5, 0.6) is 0 Å². The number of benzene rings is 1. The van der Waals surface area contributed by atoms with Crippen molar-refractivity contribution in [3.8, 4) is 0 Å². The summed E-state index contributed by atoms with van der Waals surface area (Å²) in [5.74, 6) is -0.470. The molecule has 1 N–H and O–H groups in total. The van der Waals surface area contributed by atoms with Gasteiger partial charge in [-0.2, -0.15) is 0 Å². The molecule has 1 aromatic heterocycles. The minimum absolute atomic E-state index is 0.0810. The Balaban J connectivity index is 1.90. The normalized spacial score (nSPS) is 17.1. The van der Waals surface area contributed by atoms with E-state index in [4.69, 9.17) is 0 Å². The molecule has 0 bridgehead atoms. The van der Waals surface area contributed by atoms with Crippen LogP contribution in [0.1, 0.15) is 30.6 Å². The maximum atomic E-state index is 13.7. The molecule has 0 spiro atoms. The standard InChI is InChI=1S/C16H16FNOS/c17-12-6-1-2-7-13(12)18-15(19)16(9-3-4-10-16)14-8-5-11-20-14/h1-2,5-8,11H,3-4,9-10H2,(H,18,19). The Morgan fingerprint density at radius 1 is 1.15 bits per heavy atom. The second-order valence-electron chi connectivity index (χ2n) is 5.20. The lowest BCUT2D eigenvalue weighted by atomic mass is 9.83. The number of carbonyl (C=O) groups excluding carboxylic acids is 1. The number of carbonyl (C=O) groups is 1. The number of para-hydroxylation sites is 1. The molecule has 1 fully saturated rings. The van der Waals surface area contributed by atoms with Crippen LogP contribution in [-0.4, -0.2) is 5.91 Å². The molecular formula is C16H16FNOS. The number of thiophene rings is 1. The maximum absolute atomic E-state index is 13.7. The van der Waals surface area contributed by atoms with Crippen LogP contribution in [0.15, 0.2) is 41.8 Å². The lowest BCUT2D eigenvalue weighted by Gasteiger charge is -2.26. The van der Waals surface area contributed by atoms with Gasteiger partial charge in [-0.15, -0.1) is 11.3 Å². The van der Waals surface area contributed by atoms with Gasteiger partial charge in [0.2, 0.25) is 5.91 Å². The predicted octanol–water partition coefficient (Wildman–Crippen LogP) is 4.34. The topological polar surface area (TPSA) is 29.1 Å². The van der Waals surface area contributed by atoms with E-state index in [9.17, 15) is 9.18 Å². The molecule has 1 aliphatic rings. The highest BCUT2D eigenvalue weighted by molar-refractivity contribution is 7.10. The monoisotopic (exact) mass is 289 g/mol. The van der Waals surface area contributed by atoms with E-state index in [1.54, 1.807) is 29.5 Å². The highest BCUT2D eigenvalue weighted by Crippen LogP contribution is 2.44. The van der Waals surface area contributed by atoms with E-state index in [1.165, 1.54) is 6.07 Å². The van der Waals surface area contributed by atoms with Crippen LogP contribution in [-0.2, 0) is 10.2 Å². The Kier molecular flexibility index (Phi) is 3.57. The maximum Gasteiger partial charge on any atom is 0.235 e. The number of anilines is 1. The molecule has 1 heterocycles. The van der Waals surface area contributed by atoms with E-state index in [-0.39, 0.29) is 17.4 Å². The van der Waals surface area contributed by atoms with E-state index >= 15 is 0 Å². The number of nitrogens with one attached hydrogen (secondary N) is 1. The minimum atomic E-state index is -0.476. The first-order chi connectivity index (χ1) is 9.72. The fourth-order valence-corrected chi connectivity index (χ4v) is 3.90. The molecule has 20 heavy (non-hydrogen) atoms. The van der Waals surface area contributed by atoms with Crippen LogP contribution in [0.3, 0.4) is 0 Å². The highest BCUT2D eigenvalue weighted by Gasteiger charge is 2.43. The van der Waals surface area contributed by atoms with Crippen molar-refractivity contribution in [3.63, 3.8) is 0 Å². The number of rotatable bonds is 3. The zero-order valence-electron chi connectivity index (χ0n) is 11.1. The summed E-state index contributed by atoms with van der Waals surface area (Å²) in [6.45, 7) is 0. The van der Waals surface area contributed by atoms with E-state index < -0.39 is 5.41 Å². The van der Waals surface area contributed by atoms with Gasteiger partial charge < -0.3 is 5.32 Å². The molecule has 0 atom stereocenters. The van der Waals surface area contributed by atoms with Gasteiger partial charge >= 0.3 is 0 Å². The Labute approximate surface area is 121 Å². The van der Waals surface area contributed by atoms with Crippen LogP contribution in [0, 0.1) is 5.82 Å². The largest absolute Gasteiger partial charge is 0.323 e. The zero-order valence-corrected chi connectivity index (χ0v) is 11.9. The van der Waals surface area contributed by atoms with Gasteiger partial charge in [0, 0.05) is 4.88 Å². The zero-order chi connectivity index (χ0) is 14.0. The molecule has 3 rings (SSSR count). The summed E-state index contributed by atoms with van der Waals surface area (Å²) in [6, 6.07) is 10.3. The number of amides is 1. The Hall–Kier alpha value is -1.68.